The molecule has 0 spiro atoms. The van der Waals surface area contributed by atoms with E-state index in [1.165, 1.54) is 6.07 Å². The van der Waals surface area contributed by atoms with E-state index in [2.05, 4.69) is 25.2 Å². The summed E-state index contributed by atoms with van der Waals surface area (Å²) in [5.41, 5.74) is 2.21. The van der Waals surface area contributed by atoms with Gasteiger partial charge in [-0.15, -0.1) is 0 Å². The van der Waals surface area contributed by atoms with Crippen LogP contribution in [0, 0.1) is 0 Å². The van der Waals surface area contributed by atoms with Crippen molar-refractivity contribution in [2.75, 3.05) is 17.7 Å². The number of imidazole rings is 1. The largest absolute Gasteiger partial charge is 0.393 e. The summed E-state index contributed by atoms with van der Waals surface area (Å²) >= 11 is 6.03. The first-order valence-corrected chi connectivity index (χ1v) is 9.74. The number of aliphatic hydroxyl groups is 1. The number of amides is 1. The van der Waals surface area contributed by atoms with Gasteiger partial charge < -0.3 is 15.0 Å². The molecular formula is C20H22ClN5O2. The molecule has 3 N–H and O–H groups in total. The standard InChI is InChI=1S/C20H22ClN5O2/c1-22-18-11-12(10-17(21)24-18)19(28)25-20-23-15-4-2-3-5-16(15)26(20)13-6-8-14(27)9-7-13/h2-5,10-11,13-14,27H,6-9H2,1H3,(H,22,24)(H,23,25,28). The highest BCUT2D eigenvalue weighted by molar-refractivity contribution is 6.30. The Balaban J connectivity index is 1.69. The van der Waals surface area contributed by atoms with Gasteiger partial charge in [0.15, 0.2) is 0 Å². The molecule has 1 aliphatic rings. The maximum absolute atomic E-state index is 12.9. The summed E-state index contributed by atoms with van der Waals surface area (Å²) in [6, 6.07) is 11.2. The number of hydrogen-bond acceptors (Lipinski definition) is 5. The zero-order valence-corrected chi connectivity index (χ0v) is 16.3. The molecular weight excluding hydrogens is 378 g/mol. The van der Waals surface area contributed by atoms with Crippen molar-refractivity contribution in [1.29, 1.82) is 0 Å². The molecule has 0 bridgehead atoms. The van der Waals surface area contributed by atoms with Crippen molar-refractivity contribution in [1.82, 2.24) is 14.5 Å². The second-order valence-electron chi connectivity index (χ2n) is 7.02. The summed E-state index contributed by atoms with van der Waals surface area (Å²) in [7, 11) is 1.72. The Kier molecular flexibility index (Phi) is 5.19. The number of nitrogens with zero attached hydrogens (tertiary/aromatic N) is 3. The van der Waals surface area contributed by atoms with Gasteiger partial charge in [0.1, 0.15) is 11.0 Å². The molecule has 4 rings (SSSR count). The van der Waals surface area contributed by atoms with Crippen molar-refractivity contribution in [3.8, 4) is 0 Å². The molecule has 7 nitrogen and oxygen atoms in total. The summed E-state index contributed by atoms with van der Waals surface area (Å²) in [6.07, 6.45) is 2.93. The molecule has 2 aromatic heterocycles. The second kappa shape index (κ2) is 7.77. The summed E-state index contributed by atoms with van der Waals surface area (Å²) in [5.74, 6) is 0.729. The Hall–Kier alpha value is -2.64. The van der Waals surface area contributed by atoms with Crippen LogP contribution in [0.1, 0.15) is 42.1 Å². The third-order valence-electron chi connectivity index (χ3n) is 5.16. The molecule has 0 saturated heterocycles. The first kappa shape index (κ1) is 18.7. The lowest BCUT2D eigenvalue weighted by Gasteiger charge is -2.28. The fourth-order valence-corrected chi connectivity index (χ4v) is 3.96. The molecule has 1 fully saturated rings. The quantitative estimate of drug-likeness (QED) is 0.579. The van der Waals surface area contributed by atoms with Crippen molar-refractivity contribution in [3.05, 3.63) is 47.1 Å². The van der Waals surface area contributed by atoms with Crippen molar-refractivity contribution >= 4 is 40.3 Å². The number of nitrogens with one attached hydrogen (secondary N) is 2. The van der Waals surface area contributed by atoms with Crippen LogP contribution in [0.25, 0.3) is 11.0 Å². The first-order chi connectivity index (χ1) is 13.5. The van der Waals surface area contributed by atoms with Crippen LogP contribution in [0.2, 0.25) is 5.15 Å². The maximum Gasteiger partial charge on any atom is 0.258 e. The smallest absolute Gasteiger partial charge is 0.258 e. The van der Waals surface area contributed by atoms with Gasteiger partial charge in [-0.3, -0.25) is 10.1 Å². The van der Waals surface area contributed by atoms with E-state index in [9.17, 15) is 9.90 Å². The van der Waals surface area contributed by atoms with Gasteiger partial charge in [0.2, 0.25) is 5.95 Å². The zero-order valence-electron chi connectivity index (χ0n) is 15.5. The summed E-state index contributed by atoms with van der Waals surface area (Å²) in [4.78, 5) is 21.6. The highest BCUT2D eigenvalue weighted by Crippen LogP contribution is 2.34. The van der Waals surface area contributed by atoms with Crippen molar-refractivity contribution in [2.45, 2.75) is 37.8 Å². The Morgan fingerprint density at radius 2 is 1.93 bits per heavy atom. The third kappa shape index (κ3) is 3.68. The monoisotopic (exact) mass is 399 g/mol. The average molecular weight is 400 g/mol. The number of pyridine rings is 1. The van der Waals surface area contributed by atoms with Gasteiger partial charge in [-0.1, -0.05) is 23.7 Å². The number of aromatic nitrogens is 3. The van der Waals surface area contributed by atoms with Crippen molar-refractivity contribution < 1.29 is 9.90 Å². The SMILES string of the molecule is CNc1cc(C(=O)Nc2nc3ccccc3n2C2CCC(O)CC2)cc(Cl)n1. The Morgan fingerprint density at radius 1 is 1.18 bits per heavy atom. The van der Waals surface area contributed by atoms with Crippen LogP contribution in [-0.4, -0.2) is 38.7 Å². The number of hydrogen-bond donors (Lipinski definition) is 3. The Labute approximate surface area is 167 Å². The molecule has 1 aromatic carbocycles. The molecule has 0 radical (unpaired) electrons. The lowest BCUT2D eigenvalue weighted by Crippen LogP contribution is -2.23. The van der Waals surface area contributed by atoms with E-state index in [4.69, 9.17) is 11.6 Å². The minimum Gasteiger partial charge on any atom is -0.393 e. The van der Waals surface area contributed by atoms with Gasteiger partial charge >= 0.3 is 0 Å². The average Bonchev–Trinajstić information content (AvgIpc) is 3.06. The number of halogens is 1. The van der Waals surface area contributed by atoms with Crippen molar-refractivity contribution in [2.24, 2.45) is 0 Å². The summed E-state index contributed by atoms with van der Waals surface area (Å²) in [6.45, 7) is 0. The van der Waals surface area contributed by atoms with Crippen LogP contribution >= 0.6 is 11.6 Å². The van der Waals surface area contributed by atoms with E-state index in [-0.39, 0.29) is 23.2 Å². The Morgan fingerprint density at radius 3 is 2.68 bits per heavy atom. The van der Waals surface area contributed by atoms with Gasteiger partial charge in [-0.05, 0) is 49.9 Å². The topological polar surface area (TPSA) is 92.1 Å². The molecule has 0 atom stereocenters. The molecule has 0 unspecified atom stereocenters. The van der Waals surface area contributed by atoms with Crippen LogP contribution in [0.4, 0.5) is 11.8 Å². The third-order valence-corrected chi connectivity index (χ3v) is 5.36. The van der Waals surface area contributed by atoms with Crippen LogP contribution in [0.15, 0.2) is 36.4 Å². The van der Waals surface area contributed by atoms with Gasteiger partial charge in [0.05, 0.1) is 17.1 Å². The van der Waals surface area contributed by atoms with Gasteiger partial charge in [-0.25, -0.2) is 9.97 Å². The number of aliphatic hydroxyl groups excluding tert-OH is 1. The van der Waals surface area contributed by atoms with E-state index >= 15 is 0 Å². The number of rotatable bonds is 4. The second-order valence-corrected chi connectivity index (χ2v) is 7.41. The van der Waals surface area contributed by atoms with E-state index < -0.39 is 0 Å². The predicted octanol–water partition coefficient (Wildman–Crippen LogP) is 3.85. The lowest BCUT2D eigenvalue weighted by molar-refractivity contribution is 0.102. The Bertz CT molecular complexity index is 1010. The molecule has 0 aliphatic heterocycles. The number of anilines is 2. The van der Waals surface area contributed by atoms with E-state index in [1.807, 2.05) is 24.3 Å². The van der Waals surface area contributed by atoms with Crippen molar-refractivity contribution in [3.63, 3.8) is 0 Å². The van der Waals surface area contributed by atoms with Crippen LogP contribution in [0.3, 0.4) is 0 Å². The minimum absolute atomic E-state index is 0.181. The number of carbonyl (C=O) groups is 1. The lowest BCUT2D eigenvalue weighted by atomic mass is 9.93. The first-order valence-electron chi connectivity index (χ1n) is 9.37. The number of fused-ring (bicyclic) bond motifs is 1. The molecule has 146 valence electrons. The molecule has 8 heteroatoms. The molecule has 2 heterocycles. The van der Waals surface area contributed by atoms with Crippen LogP contribution in [-0.2, 0) is 0 Å². The fourth-order valence-electron chi connectivity index (χ4n) is 3.75. The molecule has 1 amide bonds. The number of carbonyl (C=O) groups excluding carboxylic acids is 1. The highest BCUT2D eigenvalue weighted by Gasteiger charge is 2.25. The molecule has 28 heavy (non-hydrogen) atoms. The fraction of sp³-hybridized carbons (Fsp3) is 0.350. The van der Waals surface area contributed by atoms with E-state index in [0.29, 0.717) is 17.3 Å². The van der Waals surface area contributed by atoms with E-state index in [0.717, 1.165) is 36.7 Å². The molecule has 1 saturated carbocycles. The normalized spacial score (nSPS) is 19.5. The number of benzene rings is 1. The zero-order chi connectivity index (χ0) is 19.7. The minimum atomic E-state index is -0.298. The van der Waals surface area contributed by atoms with Gasteiger partial charge in [0, 0.05) is 18.7 Å². The van der Waals surface area contributed by atoms with Crippen LogP contribution in [0.5, 0.6) is 0 Å². The summed E-state index contributed by atoms with van der Waals surface area (Å²) < 4.78 is 2.08. The molecule has 3 aromatic rings. The number of para-hydroxylation sites is 2. The maximum atomic E-state index is 12.9. The van der Waals surface area contributed by atoms with Gasteiger partial charge in [-0.2, -0.15) is 0 Å². The molecule has 1 aliphatic carbocycles. The summed E-state index contributed by atoms with van der Waals surface area (Å²) in [5, 5.41) is 15.9. The predicted molar refractivity (Wildman–Crippen MR) is 110 cm³/mol. The highest BCUT2D eigenvalue weighted by atomic mass is 35.5. The van der Waals surface area contributed by atoms with Crippen LogP contribution < -0.4 is 10.6 Å². The van der Waals surface area contributed by atoms with E-state index in [1.54, 1.807) is 13.1 Å². The van der Waals surface area contributed by atoms with Gasteiger partial charge in [0.25, 0.3) is 5.91 Å².